The monoisotopic (exact) mass is 317 g/mol. The average molecular weight is 317 g/mol. The maximum absolute atomic E-state index is 11.7. The van der Waals surface area contributed by atoms with Crippen LogP contribution in [-0.4, -0.2) is 31.0 Å². The second-order valence-electron chi connectivity index (χ2n) is 6.66. The zero-order valence-electron chi connectivity index (χ0n) is 14.2. The molecule has 1 heterocycles. The number of amides is 1. The number of hydrogen-bond donors (Lipinski definition) is 1. The van der Waals surface area contributed by atoms with Crippen molar-refractivity contribution in [2.45, 2.75) is 45.5 Å². The van der Waals surface area contributed by atoms with Gasteiger partial charge in [-0.3, -0.25) is 0 Å². The molecule has 0 aromatic heterocycles. The van der Waals surface area contributed by atoms with Crippen molar-refractivity contribution < 1.29 is 18.8 Å². The van der Waals surface area contributed by atoms with E-state index in [1.165, 1.54) is 0 Å². The van der Waals surface area contributed by atoms with E-state index in [1.807, 2.05) is 58.0 Å². The largest absolute Gasteiger partial charge is 0.491 e. The molecule has 0 atom stereocenters. The average Bonchev–Trinajstić information content (AvgIpc) is 2.72. The van der Waals surface area contributed by atoms with Crippen molar-refractivity contribution in [1.82, 2.24) is 5.32 Å². The molecule has 23 heavy (non-hydrogen) atoms. The van der Waals surface area contributed by atoms with Crippen LogP contribution >= 0.6 is 0 Å². The zero-order valence-corrected chi connectivity index (χ0v) is 14.2. The highest BCUT2D eigenvalue weighted by atomic mass is 16.7. The second kappa shape index (κ2) is 6.77. The molecular weight excluding hydrogens is 293 g/mol. The summed E-state index contributed by atoms with van der Waals surface area (Å²) in [4.78, 5) is 11.7. The van der Waals surface area contributed by atoms with Crippen LogP contribution in [0.2, 0.25) is 0 Å². The molecule has 124 valence electrons. The van der Waals surface area contributed by atoms with Crippen molar-refractivity contribution in [3.05, 3.63) is 47.9 Å². The van der Waals surface area contributed by atoms with Crippen LogP contribution < -0.4 is 5.32 Å². The first-order valence-electron chi connectivity index (χ1n) is 7.69. The Kier molecular flexibility index (Phi) is 5.17. The van der Waals surface area contributed by atoms with Gasteiger partial charge in [0.15, 0.2) is 0 Å². The normalized spacial score (nSPS) is 18.5. The van der Waals surface area contributed by atoms with E-state index in [4.69, 9.17) is 14.0 Å². The molecule has 1 amide bonds. The Morgan fingerprint density at radius 1 is 1.17 bits per heavy atom. The lowest BCUT2D eigenvalue weighted by molar-refractivity contribution is 0.00578. The van der Waals surface area contributed by atoms with Crippen molar-refractivity contribution in [1.29, 1.82) is 0 Å². The predicted molar refractivity (Wildman–Crippen MR) is 89.9 cm³/mol. The van der Waals surface area contributed by atoms with Gasteiger partial charge in [0.1, 0.15) is 6.61 Å². The topological polar surface area (TPSA) is 56.8 Å². The summed E-state index contributed by atoms with van der Waals surface area (Å²) in [5.41, 5.74) is 0.746. The molecule has 5 nitrogen and oxygen atoms in total. The van der Waals surface area contributed by atoms with E-state index in [-0.39, 0.29) is 13.2 Å². The number of ether oxygens (including phenoxy) is 1. The van der Waals surface area contributed by atoms with Crippen LogP contribution in [0.4, 0.5) is 4.79 Å². The fraction of sp³-hybridized carbons (Fsp3) is 0.471. The lowest BCUT2D eigenvalue weighted by atomic mass is 9.79. The number of alkyl carbamates (subject to hydrolysis) is 1. The van der Waals surface area contributed by atoms with Crippen LogP contribution in [0, 0.1) is 0 Å². The molecule has 1 aliphatic rings. The quantitative estimate of drug-likeness (QED) is 0.848. The van der Waals surface area contributed by atoms with Gasteiger partial charge < -0.3 is 19.4 Å². The number of carbonyl (C=O) groups excluding carboxylic acids is 1. The second-order valence-corrected chi connectivity index (χ2v) is 6.66. The molecule has 0 bridgehead atoms. The molecule has 0 unspecified atom stereocenters. The van der Waals surface area contributed by atoms with Crippen LogP contribution in [0.15, 0.2) is 42.4 Å². The van der Waals surface area contributed by atoms with E-state index in [9.17, 15) is 4.79 Å². The van der Waals surface area contributed by atoms with Crippen LogP contribution in [0.5, 0.6) is 0 Å². The van der Waals surface area contributed by atoms with Gasteiger partial charge in [-0.15, -0.1) is 6.58 Å². The van der Waals surface area contributed by atoms with Gasteiger partial charge in [-0.25, -0.2) is 4.79 Å². The first-order chi connectivity index (χ1) is 10.7. The van der Waals surface area contributed by atoms with Gasteiger partial charge >= 0.3 is 13.2 Å². The first-order valence-corrected chi connectivity index (χ1v) is 7.69. The van der Waals surface area contributed by atoms with E-state index < -0.39 is 24.4 Å². The van der Waals surface area contributed by atoms with E-state index in [0.29, 0.717) is 5.47 Å². The van der Waals surface area contributed by atoms with Crippen molar-refractivity contribution in [3.63, 3.8) is 0 Å². The van der Waals surface area contributed by atoms with Gasteiger partial charge in [-0.1, -0.05) is 30.3 Å². The lowest BCUT2D eigenvalue weighted by Crippen LogP contribution is -2.41. The standard InChI is InChI=1S/C17H24BNO4/c1-13(18-22-16(2,3)17(4,5)23-18)11-19-15(20)21-12-14-9-7-6-8-10-14/h6-10H,1,11-12H2,2-5H3,(H,19,20). The fourth-order valence-electron chi connectivity index (χ4n) is 2.05. The number of hydrogen-bond acceptors (Lipinski definition) is 4. The van der Waals surface area contributed by atoms with E-state index in [2.05, 4.69) is 11.9 Å². The van der Waals surface area contributed by atoms with Crippen molar-refractivity contribution in [2.75, 3.05) is 6.54 Å². The molecular formula is C17H24BNO4. The number of carbonyl (C=O) groups is 1. The van der Waals surface area contributed by atoms with Crippen molar-refractivity contribution in [3.8, 4) is 0 Å². The molecule has 1 saturated heterocycles. The minimum atomic E-state index is -0.533. The molecule has 1 aromatic carbocycles. The predicted octanol–water partition coefficient (Wildman–Crippen LogP) is 3.10. The van der Waals surface area contributed by atoms with Gasteiger partial charge in [0, 0.05) is 6.54 Å². The smallest absolute Gasteiger partial charge is 0.445 e. The molecule has 0 radical (unpaired) electrons. The highest BCUT2D eigenvalue weighted by Crippen LogP contribution is 2.38. The Labute approximate surface area is 138 Å². The Hall–Kier alpha value is -1.79. The van der Waals surface area contributed by atoms with Crippen molar-refractivity contribution >= 4 is 13.2 Å². The molecule has 6 heteroatoms. The van der Waals surface area contributed by atoms with Gasteiger partial charge in [0.05, 0.1) is 11.2 Å². The minimum Gasteiger partial charge on any atom is -0.445 e. The third-order valence-corrected chi connectivity index (χ3v) is 4.26. The third kappa shape index (κ3) is 4.36. The van der Waals surface area contributed by atoms with E-state index >= 15 is 0 Å². The summed E-state index contributed by atoms with van der Waals surface area (Å²) < 4.78 is 16.9. The summed E-state index contributed by atoms with van der Waals surface area (Å²) in [6.45, 7) is 12.3. The molecule has 1 aliphatic heterocycles. The molecule has 1 N–H and O–H groups in total. The van der Waals surface area contributed by atoms with E-state index in [0.717, 1.165) is 5.56 Å². The van der Waals surface area contributed by atoms with Gasteiger partial charge in [-0.05, 0) is 38.7 Å². The van der Waals surface area contributed by atoms with Crippen LogP contribution in [0.25, 0.3) is 0 Å². The van der Waals surface area contributed by atoms with Crippen LogP contribution in [-0.2, 0) is 20.7 Å². The SMILES string of the molecule is C=C(CNC(=O)OCc1ccccc1)B1OC(C)(C)C(C)(C)O1. The first kappa shape index (κ1) is 17.6. The Morgan fingerprint density at radius 2 is 1.74 bits per heavy atom. The fourth-order valence-corrected chi connectivity index (χ4v) is 2.05. The Morgan fingerprint density at radius 3 is 2.30 bits per heavy atom. The molecule has 1 fully saturated rings. The molecule has 0 aliphatic carbocycles. The number of benzene rings is 1. The third-order valence-electron chi connectivity index (χ3n) is 4.26. The number of rotatable bonds is 5. The molecule has 1 aromatic rings. The maximum Gasteiger partial charge on any atom is 0.491 e. The highest BCUT2D eigenvalue weighted by molar-refractivity contribution is 6.54. The molecule has 2 rings (SSSR count). The zero-order chi connectivity index (χ0) is 17.1. The van der Waals surface area contributed by atoms with Gasteiger partial charge in [-0.2, -0.15) is 0 Å². The van der Waals surface area contributed by atoms with Crippen LogP contribution in [0.3, 0.4) is 0 Å². The minimum absolute atomic E-state index is 0.232. The Balaban J connectivity index is 1.75. The molecule has 0 spiro atoms. The molecule has 0 saturated carbocycles. The summed E-state index contributed by atoms with van der Waals surface area (Å²) >= 11 is 0. The van der Waals surface area contributed by atoms with Crippen molar-refractivity contribution in [2.24, 2.45) is 0 Å². The summed E-state index contributed by atoms with van der Waals surface area (Å²) in [6.07, 6.45) is -0.494. The number of nitrogens with one attached hydrogen (secondary N) is 1. The summed E-state index contributed by atoms with van der Waals surface area (Å²) in [5, 5.41) is 2.66. The maximum atomic E-state index is 11.7. The summed E-state index contributed by atoms with van der Waals surface area (Å²) in [5.74, 6) is 0. The highest BCUT2D eigenvalue weighted by Gasteiger charge is 2.51. The van der Waals surface area contributed by atoms with Gasteiger partial charge in [0.2, 0.25) is 0 Å². The summed E-state index contributed by atoms with van der Waals surface area (Å²) in [6, 6.07) is 9.51. The summed E-state index contributed by atoms with van der Waals surface area (Å²) in [7, 11) is -0.533. The lowest BCUT2D eigenvalue weighted by Gasteiger charge is -2.32. The van der Waals surface area contributed by atoms with Gasteiger partial charge in [0.25, 0.3) is 0 Å². The van der Waals surface area contributed by atoms with E-state index in [1.54, 1.807) is 0 Å². The van der Waals surface area contributed by atoms with Crippen LogP contribution in [0.1, 0.15) is 33.3 Å². The Bertz CT molecular complexity index is 555.